The Morgan fingerprint density at radius 1 is 1.27 bits per heavy atom. The molecule has 1 saturated carbocycles. The molecule has 1 aliphatic carbocycles. The molecule has 1 fully saturated rings. The zero-order valence-corrected chi connectivity index (χ0v) is 9.92. The number of rotatable bonds is 3. The first-order valence-electron chi connectivity index (χ1n) is 5.90. The lowest BCUT2D eigenvalue weighted by atomic mass is 9.79. The molecule has 0 amide bonds. The molecule has 1 heteroatoms. The zero-order valence-electron chi connectivity index (χ0n) is 9.92. The first kappa shape index (κ1) is 10.5. The molecule has 0 radical (unpaired) electrons. The summed E-state index contributed by atoms with van der Waals surface area (Å²) in [4.78, 5) is 0. The Balaban J connectivity index is 2.29. The van der Waals surface area contributed by atoms with E-state index in [0.717, 1.165) is 11.7 Å². The molecular formula is C14H20O. The molecule has 0 N–H and O–H groups in total. The third-order valence-electron chi connectivity index (χ3n) is 3.46. The van der Waals surface area contributed by atoms with Crippen LogP contribution < -0.4 is 4.74 Å². The smallest absolute Gasteiger partial charge is 0.122 e. The van der Waals surface area contributed by atoms with Crippen LogP contribution >= 0.6 is 0 Å². The molecule has 0 atom stereocenters. The molecule has 0 bridgehead atoms. The molecule has 1 aromatic rings. The molecule has 0 heterocycles. The van der Waals surface area contributed by atoms with E-state index < -0.39 is 0 Å². The van der Waals surface area contributed by atoms with Crippen molar-refractivity contribution < 1.29 is 4.74 Å². The lowest BCUT2D eigenvalue weighted by molar-refractivity contribution is 0.397. The topological polar surface area (TPSA) is 9.23 Å². The number of hydrogen-bond acceptors (Lipinski definition) is 1. The van der Waals surface area contributed by atoms with Gasteiger partial charge in [0, 0.05) is 0 Å². The summed E-state index contributed by atoms with van der Waals surface area (Å²) in [7, 11) is 1.77. The number of hydrogen-bond donors (Lipinski definition) is 0. The van der Waals surface area contributed by atoms with Crippen LogP contribution in [0.1, 0.15) is 56.1 Å². The molecule has 0 spiro atoms. The van der Waals surface area contributed by atoms with E-state index in [-0.39, 0.29) is 0 Å². The summed E-state index contributed by atoms with van der Waals surface area (Å²) in [6.07, 6.45) is 4.09. The summed E-state index contributed by atoms with van der Waals surface area (Å²) < 4.78 is 5.47. The second-order valence-electron chi connectivity index (χ2n) is 4.78. The van der Waals surface area contributed by atoms with Gasteiger partial charge in [0.25, 0.3) is 0 Å². The van der Waals surface area contributed by atoms with Gasteiger partial charge in [-0.3, -0.25) is 0 Å². The van der Waals surface area contributed by atoms with E-state index in [9.17, 15) is 0 Å². The summed E-state index contributed by atoms with van der Waals surface area (Å²) in [6.45, 7) is 4.42. The largest absolute Gasteiger partial charge is 0.496 e. The van der Waals surface area contributed by atoms with Crippen molar-refractivity contribution >= 4 is 0 Å². The quantitative estimate of drug-likeness (QED) is 0.720. The summed E-state index contributed by atoms with van der Waals surface area (Å²) in [5.74, 6) is 2.39. The van der Waals surface area contributed by atoms with Gasteiger partial charge in [0.05, 0.1) is 7.11 Å². The van der Waals surface area contributed by atoms with E-state index in [1.165, 1.54) is 30.4 Å². The minimum absolute atomic E-state index is 0.537. The van der Waals surface area contributed by atoms with E-state index in [0.29, 0.717) is 5.92 Å². The fourth-order valence-corrected chi connectivity index (χ4v) is 2.20. The number of ether oxygens (including phenoxy) is 1. The fraction of sp³-hybridized carbons (Fsp3) is 0.571. The molecule has 82 valence electrons. The van der Waals surface area contributed by atoms with Crippen molar-refractivity contribution in [1.29, 1.82) is 0 Å². The monoisotopic (exact) mass is 204 g/mol. The number of benzene rings is 1. The Bertz CT molecular complexity index is 337. The minimum Gasteiger partial charge on any atom is -0.496 e. The van der Waals surface area contributed by atoms with Gasteiger partial charge in [-0.1, -0.05) is 32.4 Å². The summed E-state index contributed by atoms with van der Waals surface area (Å²) in [6, 6.07) is 6.75. The normalized spacial score (nSPS) is 16.5. The van der Waals surface area contributed by atoms with Crippen LogP contribution in [-0.2, 0) is 0 Å². The lowest BCUT2D eigenvalue weighted by Crippen LogP contribution is -2.09. The zero-order chi connectivity index (χ0) is 10.8. The SMILES string of the molecule is COc1cc(C2CCC2)ccc1C(C)C. The molecule has 2 rings (SSSR count). The maximum Gasteiger partial charge on any atom is 0.122 e. The van der Waals surface area contributed by atoms with Gasteiger partial charge >= 0.3 is 0 Å². The molecular weight excluding hydrogens is 184 g/mol. The van der Waals surface area contributed by atoms with Gasteiger partial charge < -0.3 is 4.74 Å². The molecule has 0 aliphatic heterocycles. The Morgan fingerprint density at radius 2 is 2.00 bits per heavy atom. The summed E-state index contributed by atoms with van der Waals surface area (Å²) in [5.41, 5.74) is 2.78. The minimum atomic E-state index is 0.537. The number of methoxy groups -OCH3 is 1. The summed E-state index contributed by atoms with van der Waals surface area (Å²) in [5, 5.41) is 0. The highest BCUT2D eigenvalue weighted by atomic mass is 16.5. The van der Waals surface area contributed by atoms with Crippen LogP contribution in [0.3, 0.4) is 0 Å². The molecule has 1 aromatic carbocycles. The van der Waals surface area contributed by atoms with Crippen molar-refractivity contribution in [1.82, 2.24) is 0 Å². The van der Waals surface area contributed by atoms with E-state index in [1.807, 2.05) is 0 Å². The van der Waals surface area contributed by atoms with Gasteiger partial charge in [0.2, 0.25) is 0 Å². The van der Waals surface area contributed by atoms with Gasteiger partial charge in [0.15, 0.2) is 0 Å². The standard InChI is InChI=1S/C14H20O/c1-10(2)13-8-7-12(9-14(13)15-3)11-5-4-6-11/h7-11H,4-6H2,1-3H3. The first-order chi connectivity index (χ1) is 7.22. The van der Waals surface area contributed by atoms with E-state index in [4.69, 9.17) is 4.74 Å². The fourth-order valence-electron chi connectivity index (χ4n) is 2.20. The van der Waals surface area contributed by atoms with Crippen LogP contribution in [-0.4, -0.2) is 7.11 Å². The predicted octanol–water partition coefficient (Wildman–Crippen LogP) is 4.09. The Morgan fingerprint density at radius 3 is 2.47 bits per heavy atom. The second kappa shape index (κ2) is 4.26. The average molecular weight is 204 g/mol. The van der Waals surface area contributed by atoms with Gasteiger partial charge in [-0.05, 0) is 41.9 Å². The van der Waals surface area contributed by atoms with Gasteiger partial charge in [-0.25, -0.2) is 0 Å². The first-order valence-corrected chi connectivity index (χ1v) is 5.90. The second-order valence-corrected chi connectivity index (χ2v) is 4.78. The Kier molecular flexibility index (Phi) is 2.99. The van der Waals surface area contributed by atoms with Crippen LogP contribution in [0.25, 0.3) is 0 Å². The highest BCUT2D eigenvalue weighted by molar-refractivity contribution is 5.41. The van der Waals surface area contributed by atoms with Crippen LogP contribution in [0, 0.1) is 0 Å². The Labute approximate surface area is 92.5 Å². The van der Waals surface area contributed by atoms with Crippen molar-refractivity contribution in [3.8, 4) is 5.75 Å². The van der Waals surface area contributed by atoms with Gasteiger partial charge in [-0.15, -0.1) is 0 Å². The van der Waals surface area contributed by atoms with Gasteiger partial charge in [0.1, 0.15) is 5.75 Å². The third kappa shape index (κ3) is 2.01. The lowest BCUT2D eigenvalue weighted by Gasteiger charge is -2.26. The molecule has 0 aromatic heterocycles. The average Bonchev–Trinajstić information content (AvgIpc) is 2.14. The maximum atomic E-state index is 5.47. The molecule has 15 heavy (non-hydrogen) atoms. The van der Waals surface area contributed by atoms with E-state index >= 15 is 0 Å². The maximum absolute atomic E-state index is 5.47. The van der Waals surface area contributed by atoms with Crippen LogP contribution in [0.15, 0.2) is 18.2 Å². The summed E-state index contributed by atoms with van der Waals surface area (Å²) >= 11 is 0. The van der Waals surface area contributed by atoms with Crippen molar-refractivity contribution in [2.24, 2.45) is 0 Å². The van der Waals surface area contributed by atoms with Crippen molar-refractivity contribution in [3.05, 3.63) is 29.3 Å². The highest BCUT2D eigenvalue weighted by Gasteiger charge is 2.20. The molecule has 1 aliphatic rings. The van der Waals surface area contributed by atoms with Crippen LogP contribution in [0.4, 0.5) is 0 Å². The third-order valence-corrected chi connectivity index (χ3v) is 3.46. The van der Waals surface area contributed by atoms with Crippen LogP contribution in [0.2, 0.25) is 0 Å². The van der Waals surface area contributed by atoms with Crippen LogP contribution in [0.5, 0.6) is 5.75 Å². The highest BCUT2D eigenvalue weighted by Crippen LogP contribution is 2.39. The Hall–Kier alpha value is -0.980. The predicted molar refractivity (Wildman–Crippen MR) is 63.7 cm³/mol. The van der Waals surface area contributed by atoms with E-state index in [1.54, 1.807) is 7.11 Å². The van der Waals surface area contributed by atoms with Crippen molar-refractivity contribution in [2.75, 3.05) is 7.11 Å². The molecule has 0 unspecified atom stereocenters. The van der Waals surface area contributed by atoms with E-state index in [2.05, 4.69) is 32.0 Å². The van der Waals surface area contributed by atoms with Gasteiger partial charge in [-0.2, -0.15) is 0 Å². The van der Waals surface area contributed by atoms with Crippen molar-refractivity contribution in [3.63, 3.8) is 0 Å². The van der Waals surface area contributed by atoms with Crippen molar-refractivity contribution in [2.45, 2.75) is 44.9 Å². The molecule has 1 nitrogen and oxygen atoms in total. The molecule has 0 saturated heterocycles.